The first-order chi connectivity index (χ1) is 10.2. The van der Waals surface area contributed by atoms with Gasteiger partial charge in [-0.05, 0) is 25.0 Å². The molecule has 0 unspecified atom stereocenters. The van der Waals surface area contributed by atoms with Gasteiger partial charge in [-0.15, -0.1) is 0 Å². The molecule has 0 aromatic heterocycles. The molecule has 2 heteroatoms. The Balaban J connectivity index is 0.00000441. The van der Waals surface area contributed by atoms with Crippen LogP contribution in [0, 0.1) is 0 Å². The maximum Gasteiger partial charge on any atom is 0.132 e. The van der Waals surface area contributed by atoms with Crippen LogP contribution in [0.25, 0.3) is 0 Å². The molecule has 0 N–H and O–H groups in total. The minimum Gasteiger partial charge on any atom is -1.00 e. The summed E-state index contributed by atoms with van der Waals surface area (Å²) in [6, 6.07) is 10.9. The second-order valence-electron chi connectivity index (χ2n) is 6.93. The largest absolute Gasteiger partial charge is 1.00 e. The number of rotatable bonds is 12. The van der Waals surface area contributed by atoms with Crippen LogP contribution in [0.3, 0.4) is 0 Å². The molecule has 0 bridgehead atoms. The van der Waals surface area contributed by atoms with E-state index < -0.39 is 0 Å². The number of hydrogen-bond donors (Lipinski definition) is 0. The first kappa shape index (κ1) is 21.5. The molecule has 0 fully saturated rings. The Morgan fingerprint density at radius 2 is 1.14 bits per heavy atom. The van der Waals surface area contributed by atoms with Crippen LogP contribution in [0.1, 0.15) is 71.1 Å². The first-order valence-corrected chi connectivity index (χ1v) is 9.05. The molecular weight excluding hydrogens is 290 g/mol. The predicted octanol–water partition coefficient (Wildman–Crippen LogP) is 3.18. The van der Waals surface area contributed by atoms with Crippen molar-refractivity contribution in [2.45, 2.75) is 71.1 Å². The molecule has 1 aromatic carbocycles. The van der Waals surface area contributed by atoms with Crippen molar-refractivity contribution in [3.8, 4) is 0 Å². The number of quaternary nitrogens is 1. The lowest BCUT2D eigenvalue weighted by Gasteiger charge is -2.29. The van der Waals surface area contributed by atoms with Crippen LogP contribution in [0.15, 0.2) is 30.3 Å². The van der Waals surface area contributed by atoms with Crippen LogP contribution in [0.2, 0.25) is 0 Å². The van der Waals surface area contributed by atoms with Crippen molar-refractivity contribution in [1.29, 1.82) is 0 Å². The third-order valence-corrected chi connectivity index (χ3v) is 4.53. The fourth-order valence-corrected chi connectivity index (χ4v) is 2.96. The van der Waals surface area contributed by atoms with Gasteiger partial charge in [0, 0.05) is 0 Å². The van der Waals surface area contributed by atoms with E-state index in [0.29, 0.717) is 0 Å². The Hall–Kier alpha value is -0.530. The van der Waals surface area contributed by atoms with Crippen LogP contribution in [-0.4, -0.2) is 20.6 Å². The molecular formula is C20H36ClN. The molecule has 0 saturated heterocycles. The standard InChI is InChI=1S/C20H36N.ClH/c1-4-5-6-7-8-9-10-11-12-16-19-21(2,3)20-17-14-13-15-18-20;/h13-15,17-18H,4-12,16,19H2,1-3H3;1H/q+1;/p-1. The summed E-state index contributed by atoms with van der Waals surface area (Å²) < 4.78 is 1.01. The summed E-state index contributed by atoms with van der Waals surface area (Å²) in [5, 5.41) is 0. The number of benzene rings is 1. The molecule has 22 heavy (non-hydrogen) atoms. The maximum atomic E-state index is 2.32. The second-order valence-corrected chi connectivity index (χ2v) is 6.93. The molecule has 0 aliphatic rings. The lowest BCUT2D eigenvalue weighted by Crippen LogP contribution is -3.00. The van der Waals surface area contributed by atoms with Crippen LogP contribution in [-0.2, 0) is 0 Å². The fourth-order valence-electron chi connectivity index (χ4n) is 2.96. The number of halogens is 1. The van der Waals surface area contributed by atoms with Gasteiger partial charge in [0.15, 0.2) is 0 Å². The van der Waals surface area contributed by atoms with Crippen molar-refractivity contribution in [2.24, 2.45) is 0 Å². The average Bonchev–Trinajstić information content (AvgIpc) is 2.50. The molecule has 1 aromatic rings. The normalized spacial score (nSPS) is 11.2. The number of para-hydroxylation sites is 1. The lowest BCUT2D eigenvalue weighted by atomic mass is 10.1. The minimum atomic E-state index is 0. The zero-order valence-corrected chi connectivity index (χ0v) is 15.7. The Morgan fingerprint density at radius 3 is 1.64 bits per heavy atom. The number of hydrogen-bond acceptors (Lipinski definition) is 0. The Bertz CT molecular complexity index is 348. The van der Waals surface area contributed by atoms with Gasteiger partial charge in [0.1, 0.15) is 5.69 Å². The third-order valence-electron chi connectivity index (χ3n) is 4.53. The molecule has 1 nitrogen and oxygen atoms in total. The smallest absolute Gasteiger partial charge is 0.132 e. The van der Waals surface area contributed by atoms with Gasteiger partial charge in [-0.3, -0.25) is 4.48 Å². The summed E-state index contributed by atoms with van der Waals surface area (Å²) in [5.41, 5.74) is 1.42. The van der Waals surface area contributed by atoms with Gasteiger partial charge in [-0.1, -0.05) is 76.5 Å². The van der Waals surface area contributed by atoms with E-state index in [-0.39, 0.29) is 12.4 Å². The van der Waals surface area contributed by atoms with E-state index in [0.717, 1.165) is 4.48 Å². The topological polar surface area (TPSA) is 0 Å². The van der Waals surface area contributed by atoms with Crippen molar-refractivity contribution in [3.63, 3.8) is 0 Å². The summed E-state index contributed by atoms with van der Waals surface area (Å²) in [6.07, 6.45) is 14.2. The van der Waals surface area contributed by atoms with E-state index in [1.165, 1.54) is 76.4 Å². The van der Waals surface area contributed by atoms with Gasteiger partial charge in [-0.2, -0.15) is 0 Å². The van der Waals surface area contributed by atoms with Crippen LogP contribution in [0.4, 0.5) is 5.69 Å². The van der Waals surface area contributed by atoms with Crippen molar-refractivity contribution < 1.29 is 12.4 Å². The van der Waals surface area contributed by atoms with Crippen molar-refractivity contribution in [2.75, 3.05) is 20.6 Å². The average molecular weight is 326 g/mol. The quantitative estimate of drug-likeness (QED) is 0.409. The highest BCUT2D eigenvalue weighted by Gasteiger charge is 2.17. The van der Waals surface area contributed by atoms with Gasteiger partial charge >= 0.3 is 0 Å². The van der Waals surface area contributed by atoms with Crippen LogP contribution < -0.4 is 16.9 Å². The molecule has 128 valence electrons. The van der Waals surface area contributed by atoms with E-state index in [9.17, 15) is 0 Å². The molecule has 1 rings (SSSR count). The summed E-state index contributed by atoms with van der Waals surface area (Å²) >= 11 is 0. The summed E-state index contributed by atoms with van der Waals surface area (Å²) in [6.45, 7) is 3.54. The predicted molar refractivity (Wildman–Crippen MR) is 96.8 cm³/mol. The van der Waals surface area contributed by atoms with E-state index in [1.807, 2.05) is 0 Å². The molecule has 0 saturated carbocycles. The fraction of sp³-hybridized carbons (Fsp3) is 0.700. The van der Waals surface area contributed by atoms with E-state index in [1.54, 1.807) is 0 Å². The number of unbranched alkanes of at least 4 members (excludes halogenated alkanes) is 9. The molecule has 0 spiro atoms. The van der Waals surface area contributed by atoms with Crippen LogP contribution >= 0.6 is 0 Å². The molecule has 0 heterocycles. The van der Waals surface area contributed by atoms with E-state index >= 15 is 0 Å². The van der Waals surface area contributed by atoms with Gasteiger partial charge in [0.25, 0.3) is 0 Å². The van der Waals surface area contributed by atoms with Gasteiger partial charge in [0.05, 0.1) is 20.6 Å². The number of nitrogens with zero attached hydrogens (tertiary/aromatic N) is 1. The Morgan fingerprint density at radius 1 is 0.682 bits per heavy atom. The molecule has 0 atom stereocenters. The highest BCUT2D eigenvalue weighted by molar-refractivity contribution is 5.40. The Labute approximate surface area is 145 Å². The first-order valence-electron chi connectivity index (χ1n) is 9.05. The molecule has 0 amide bonds. The zero-order chi connectivity index (χ0) is 15.4. The van der Waals surface area contributed by atoms with E-state index in [2.05, 4.69) is 51.4 Å². The minimum absolute atomic E-state index is 0. The van der Waals surface area contributed by atoms with E-state index in [4.69, 9.17) is 0 Å². The molecule has 0 aliphatic heterocycles. The molecule has 0 radical (unpaired) electrons. The SMILES string of the molecule is CCCCCCCCCCCC[N+](C)(C)c1ccccc1.[Cl-]. The summed E-state index contributed by atoms with van der Waals surface area (Å²) in [5.74, 6) is 0. The Kier molecular flexibility index (Phi) is 12.6. The summed E-state index contributed by atoms with van der Waals surface area (Å²) in [7, 11) is 4.64. The van der Waals surface area contributed by atoms with Gasteiger partial charge in [-0.25, -0.2) is 0 Å². The monoisotopic (exact) mass is 325 g/mol. The zero-order valence-electron chi connectivity index (χ0n) is 15.0. The second kappa shape index (κ2) is 13.0. The van der Waals surface area contributed by atoms with Crippen molar-refractivity contribution >= 4 is 5.69 Å². The van der Waals surface area contributed by atoms with Gasteiger partial charge in [0.2, 0.25) is 0 Å². The van der Waals surface area contributed by atoms with Crippen molar-refractivity contribution in [3.05, 3.63) is 30.3 Å². The highest BCUT2D eigenvalue weighted by Crippen LogP contribution is 2.19. The molecule has 0 aliphatic carbocycles. The summed E-state index contributed by atoms with van der Waals surface area (Å²) in [4.78, 5) is 0. The third kappa shape index (κ3) is 9.48. The highest BCUT2D eigenvalue weighted by atomic mass is 35.5. The lowest BCUT2D eigenvalue weighted by molar-refractivity contribution is -0.00000472. The van der Waals surface area contributed by atoms with Crippen LogP contribution in [0.5, 0.6) is 0 Å². The van der Waals surface area contributed by atoms with Gasteiger partial charge < -0.3 is 12.4 Å². The maximum absolute atomic E-state index is 2.32. The van der Waals surface area contributed by atoms with Crippen molar-refractivity contribution in [1.82, 2.24) is 4.48 Å².